The Morgan fingerprint density at radius 3 is 2.20 bits per heavy atom. The summed E-state index contributed by atoms with van der Waals surface area (Å²) in [6.45, 7) is 4.70. The van der Waals surface area contributed by atoms with Crippen LogP contribution in [0.1, 0.15) is 68.8 Å². The number of nitrogens with one attached hydrogen (secondary N) is 3. The van der Waals surface area contributed by atoms with E-state index >= 15 is 4.39 Å². The molecule has 1 aromatic heterocycles. The lowest BCUT2D eigenvalue weighted by atomic mass is 9.85. The van der Waals surface area contributed by atoms with Crippen molar-refractivity contribution in [2.75, 3.05) is 23.3 Å². The molecule has 2 fully saturated rings. The smallest absolute Gasteiger partial charge is 0.370 e. The topological polar surface area (TPSA) is 91.3 Å². The van der Waals surface area contributed by atoms with Gasteiger partial charge in [0.2, 0.25) is 11.9 Å². The number of aromatic nitrogens is 2. The largest absolute Gasteiger partial charge is 0.393 e. The van der Waals surface area contributed by atoms with Gasteiger partial charge < -0.3 is 25.4 Å². The average molecular weight is 719 g/mol. The van der Waals surface area contributed by atoms with Crippen LogP contribution in [0.4, 0.5) is 48.1 Å². The Hall–Kier alpha value is -3.75. The summed E-state index contributed by atoms with van der Waals surface area (Å²) in [4.78, 5) is 32.0. The average Bonchev–Trinajstić information content (AvgIpc) is 3.62. The van der Waals surface area contributed by atoms with Gasteiger partial charge in [-0.1, -0.05) is 38.4 Å². The molecule has 1 saturated carbocycles. The van der Waals surface area contributed by atoms with Crippen molar-refractivity contribution in [2.24, 2.45) is 24.3 Å². The van der Waals surface area contributed by atoms with Gasteiger partial charge in [0.05, 0.1) is 44.8 Å². The minimum atomic E-state index is -4.44. The second-order valence-corrected chi connectivity index (χ2v) is 14.2. The number of nitrogens with zero attached hydrogens (tertiary/aromatic N) is 3. The zero-order valence-electron chi connectivity index (χ0n) is 27.4. The second-order valence-electron chi connectivity index (χ2n) is 13.8. The Bertz CT molecular complexity index is 1730. The molecule has 2 heterocycles. The first-order valence-corrected chi connectivity index (χ1v) is 16.3. The van der Waals surface area contributed by atoms with E-state index in [1.807, 2.05) is 0 Å². The first-order chi connectivity index (χ1) is 22.7. The molecule has 0 bridgehead atoms. The highest BCUT2D eigenvalue weighted by molar-refractivity contribution is 6.33. The predicted octanol–water partition coefficient (Wildman–Crippen LogP) is 8.01. The number of carbonyl (C=O) groups is 2. The van der Waals surface area contributed by atoms with E-state index in [2.05, 4.69) is 20.9 Å². The molecule has 1 saturated heterocycles. The van der Waals surface area contributed by atoms with Crippen LogP contribution in [0.2, 0.25) is 5.02 Å². The van der Waals surface area contributed by atoms with Gasteiger partial charge in [-0.05, 0) is 50.3 Å². The van der Waals surface area contributed by atoms with Crippen molar-refractivity contribution in [3.63, 3.8) is 0 Å². The number of alkyl halides is 6. The fraction of sp³-hybridized carbons (Fsp3) is 0.545. The van der Waals surface area contributed by atoms with Crippen LogP contribution in [0.5, 0.6) is 0 Å². The standard InChI is InChI=1S/C33H38ClF7N6O2/c1-31(2,3)29(49)42-15-17-5-10-22(34)27(26(17)35)45-30-44-23-13-21(28(48)43-20-8-6-18(7-9-20)32(36,37)38)24(14-25(23)46(30)4)47-12-11-19(16-47)33(39,40)41/h5,10,13-14,18-20H,6-9,11-12,15-16H2,1-4H3,(H,42,49)(H,43,48)(H,44,45)/t18-,19?,20-. The predicted molar refractivity (Wildman–Crippen MR) is 172 cm³/mol. The Kier molecular flexibility index (Phi) is 10.1. The van der Waals surface area contributed by atoms with Crippen LogP contribution in [0.15, 0.2) is 24.3 Å². The van der Waals surface area contributed by atoms with Crippen molar-refractivity contribution in [1.82, 2.24) is 20.2 Å². The highest BCUT2D eigenvalue weighted by Crippen LogP contribution is 2.40. The molecular formula is C33H38ClF7N6O2. The molecule has 49 heavy (non-hydrogen) atoms. The minimum Gasteiger partial charge on any atom is -0.370 e. The van der Waals surface area contributed by atoms with Crippen molar-refractivity contribution in [3.05, 3.63) is 46.2 Å². The monoisotopic (exact) mass is 718 g/mol. The number of benzene rings is 2. The highest BCUT2D eigenvalue weighted by Gasteiger charge is 2.45. The molecule has 1 aliphatic carbocycles. The Balaban J connectivity index is 1.46. The molecule has 0 radical (unpaired) electrons. The number of hydrogen-bond donors (Lipinski definition) is 3. The number of aryl methyl sites for hydroxylation is 1. The van der Waals surface area contributed by atoms with E-state index < -0.39 is 47.4 Å². The lowest BCUT2D eigenvalue weighted by Gasteiger charge is -2.30. The van der Waals surface area contributed by atoms with Gasteiger partial charge in [-0.2, -0.15) is 26.3 Å². The summed E-state index contributed by atoms with van der Waals surface area (Å²) in [6, 6.07) is 5.32. The maximum Gasteiger partial charge on any atom is 0.393 e. The van der Waals surface area contributed by atoms with Crippen LogP contribution in [0.3, 0.4) is 0 Å². The van der Waals surface area contributed by atoms with Crippen LogP contribution < -0.4 is 20.9 Å². The van der Waals surface area contributed by atoms with E-state index in [0.717, 1.165) is 0 Å². The number of imidazole rings is 1. The molecule has 16 heteroatoms. The number of amides is 2. The van der Waals surface area contributed by atoms with Crippen LogP contribution in [-0.4, -0.2) is 52.8 Å². The van der Waals surface area contributed by atoms with E-state index in [-0.39, 0.29) is 96.6 Å². The third-order valence-corrected chi connectivity index (χ3v) is 9.60. The van der Waals surface area contributed by atoms with E-state index in [4.69, 9.17) is 11.6 Å². The summed E-state index contributed by atoms with van der Waals surface area (Å²) in [5.74, 6) is -4.60. The van der Waals surface area contributed by atoms with Gasteiger partial charge in [0.25, 0.3) is 5.91 Å². The lowest BCUT2D eigenvalue weighted by Crippen LogP contribution is -2.40. The Morgan fingerprint density at radius 1 is 0.959 bits per heavy atom. The summed E-state index contributed by atoms with van der Waals surface area (Å²) in [5, 5.41) is 8.38. The summed E-state index contributed by atoms with van der Waals surface area (Å²) < 4.78 is 97.7. The molecule has 268 valence electrons. The lowest BCUT2D eigenvalue weighted by molar-refractivity contribution is -0.182. The summed E-state index contributed by atoms with van der Waals surface area (Å²) in [7, 11) is 1.60. The van der Waals surface area contributed by atoms with Crippen molar-refractivity contribution in [1.29, 1.82) is 0 Å². The third kappa shape index (κ3) is 8.02. The maximum atomic E-state index is 15.7. The van der Waals surface area contributed by atoms with Gasteiger partial charge in [-0.3, -0.25) is 9.59 Å². The van der Waals surface area contributed by atoms with Gasteiger partial charge in [0, 0.05) is 43.7 Å². The fourth-order valence-electron chi connectivity index (χ4n) is 6.26. The Labute approximate surface area is 283 Å². The number of fused-ring (bicyclic) bond motifs is 1. The maximum absolute atomic E-state index is 15.7. The highest BCUT2D eigenvalue weighted by atomic mass is 35.5. The first-order valence-electron chi connectivity index (χ1n) is 16.0. The summed E-state index contributed by atoms with van der Waals surface area (Å²) >= 11 is 6.35. The minimum absolute atomic E-state index is 0.0201. The SMILES string of the molecule is Cn1c(Nc2c(Cl)ccc(CNC(=O)C(C)(C)C)c2F)nc2cc(C(=O)N[C@H]3CC[C@H](C(F)(F)F)CC3)c(N3CCC(C(F)(F)F)C3)cc21. The van der Waals surface area contributed by atoms with Crippen LogP contribution in [0.25, 0.3) is 11.0 Å². The van der Waals surface area contributed by atoms with E-state index in [0.29, 0.717) is 5.52 Å². The van der Waals surface area contributed by atoms with Crippen LogP contribution in [0, 0.1) is 23.1 Å². The zero-order valence-corrected chi connectivity index (χ0v) is 28.1. The third-order valence-electron chi connectivity index (χ3n) is 9.29. The molecule has 8 nitrogen and oxygen atoms in total. The molecule has 1 aliphatic heterocycles. The second kappa shape index (κ2) is 13.5. The molecule has 5 rings (SSSR count). The molecule has 2 aliphatic rings. The quantitative estimate of drug-likeness (QED) is 0.216. The van der Waals surface area contributed by atoms with Crippen molar-refractivity contribution in [2.45, 2.75) is 77.8 Å². The summed E-state index contributed by atoms with van der Waals surface area (Å²) in [6.07, 6.45) is -9.00. The first kappa shape index (κ1) is 36.5. The molecule has 0 spiro atoms. The molecule has 3 N–H and O–H groups in total. The van der Waals surface area contributed by atoms with Gasteiger partial charge >= 0.3 is 12.4 Å². The summed E-state index contributed by atoms with van der Waals surface area (Å²) in [5.41, 5.74) is 0.261. The van der Waals surface area contributed by atoms with Gasteiger partial charge in [0.1, 0.15) is 0 Å². The number of anilines is 3. The normalized spacial score (nSPS) is 20.5. The van der Waals surface area contributed by atoms with Gasteiger partial charge in [0.15, 0.2) is 5.82 Å². The molecule has 1 atom stereocenters. The number of carbonyl (C=O) groups excluding carboxylic acids is 2. The van der Waals surface area contributed by atoms with E-state index in [9.17, 15) is 35.9 Å². The van der Waals surface area contributed by atoms with E-state index in [1.165, 1.54) is 29.2 Å². The number of rotatable bonds is 7. The molecular weight excluding hydrogens is 681 g/mol. The van der Waals surface area contributed by atoms with Crippen LogP contribution >= 0.6 is 11.6 Å². The Morgan fingerprint density at radius 2 is 1.61 bits per heavy atom. The van der Waals surface area contributed by atoms with Crippen molar-refractivity contribution < 1.29 is 40.3 Å². The molecule has 2 amide bonds. The van der Waals surface area contributed by atoms with Gasteiger partial charge in [-0.15, -0.1) is 0 Å². The molecule has 3 aromatic rings. The van der Waals surface area contributed by atoms with Crippen molar-refractivity contribution >= 4 is 51.8 Å². The van der Waals surface area contributed by atoms with Gasteiger partial charge in [-0.25, -0.2) is 9.37 Å². The molecule has 2 aromatic carbocycles. The van der Waals surface area contributed by atoms with E-state index in [1.54, 1.807) is 32.4 Å². The van der Waals surface area contributed by atoms with Crippen molar-refractivity contribution in [3.8, 4) is 0 Å². The van der Waals surface area contributed by atoms with Crippen LogP contribution in [-0.2, 0) is 18.4 Å². The number of halogens is 8. The zero-order chi connectivity index (χ0) is 36.1. The fourth-order valence-corrected chi connectivity index (χ4v) is 6.45. The molecule has 1 unspecified atom stereocenters. The number of hydrogen-bond acceptors (Lipinski definition) is 5.